The minimum Gasteiger partial charge on any atom is -0.381 e. The van der Waals surface area contributed by atoms with E-state index >= 15 is 0 Å². The van der Waals surface area contributed by atoms with E-state index < -0.39 is 0 Å². The summed E-state index contributed by atoms with van der Waals surface area (Å²) in [5, 5.41) is 6.06. The van der Waals surface area contributed by atoms with E-state index in [9.17, 15) is 0 Å². The van der Waals surface area contributed by atoms with Crippen molar-refractivity contribution < 1.29 is 4.74 Å². The van der Waals surface area contributed by atoms with E-state index in [0.717, 1.165) is 38.7 Å². The van der Waals surface area contributed by atoms with Crippen LogP contribution in [0.4, 0.5) is 0 Å². The van der Waals surface area contributed by atoms with Crippen molar-refractivity contribution in [2.45, 2.75) is 13.0 Å². The normalized spacial score (nSPS) is 18.3. The van der Waals surface area contributed by atoms with Crippen molar-refractivity contribution in [2.75, 3.05) is 33.9 Å². The Morgan fingerprint density at radius 3 is 2.87 bits per heavy atom. The second-order valence-corrected chi connectivity index (χ2v) is 6.15. The summed E-state index contributed by atoms with van der Waals surface area (Å²) in [7, 11) is 3.93. The molecule has 4 nitrogen and oxygen atoms in total. The maximum Gasteiger partial charge on any atom is 0.193 e. The van der Waals surface area contributed by atoms with Crippen LogP contribution in [-0.4, -0.2) is 44.7 Å². The summed E-state index contributed by atoms with van der Waals surface area (Å²) in [5.41, 5.74) is 1.29. The second-order valence-electron chi connectivity index (χ2n) is 6.15. The van der Waals surface area contributed by atoms with Crippen LogP contribution in [0.3, 0.4) is 0 Å². The van der Waals surface area contributed by atoms with Crippen LogP contribution < -0.4 is 5.32 Å². The third-order valence-corrected chi connectivity index (χ3v) is 4.45. The van der Waals surface area contributed by atoms with Crippen LogP contribution in [0.2, 0.25) is 0 Å². The molecule has 1 aliphatic rings. The van der Waals surface area contributed by atoms with Crippen molar-refractivity contribution in [3.63, 3.8) is 0 Å². The van der Waals surface area contributed by atoms with E-state index in [1.165, 1.54) is 16.3 Å². The Bertz CT molecular complexity index is 672. The van der Waals surface area contributed by atoms with E-state index in [1.807, 2.05) is 7.05 Å². The molecular formula is C19H25N3O. The third-order valence-electron chi connectivity index (χ3n) is 4.45. The van der Waals surface area contributed by atoms with Gasteiger partial charge in [0.25, 0.3) is 0 Å². The van der Waals surface area contributed by atoms with Crippen molar-refractivity contribution >= 4 is 16.7 Å². The Hall–Kier alpha value is -2.07. The summed E-state index contributed by atoms with van der Waals surface area (Å²) in [6.07, 6.45) is 1.14. The molecule has 1 atom stereocenters. The van der Waals surface area contributed by atoms with Gasteiger partial charge in [-0.1, -0.05) is 42.5 Å². The van der Waals surface area contributed by atoms with Crippen molar-refractivity contribution in [3.8, 4) is 0 Å². The lowest BCUT2D eigenvalue weighted by Gasteiger charge is -2.24. The quantitative estimate of drug-likeness (QED) is 0.697. The number of aliphatic imine (C=N–C) groups is 1. The molecule has 1 heterocycles. The number of benzene rings is 2. The van der Waals surface area contributed by atoms with Crippen LogP contribution >= 0.6 is 0 Å². The number of rotatable bonds is 4. The standard InChI is InChI=1S/C19H25N3O/c1-20-19(22(2)13-15-10-11-23-14-15)21-12-17-8-5-7-16-6-3-4-9-18(16)17/h3-9,15H,10-14H2,1-2H3,(H,20,21). The van der Waals surface area contributed by atoms with Gasteiger partial charge in [0.2, 0.25) is 0 Å². The fourth-order valence-electron chi connectivity index (χ4n) is 3.21. The second kappa shape index (κ2) is 7.47. The average molecular weight is 311 g/mol. The Labute approximate surface area is 138 Å². The third kappa shape index (κ3) is 3.82. The summed E-state index contributed by atoms with van der Waals surface area (Å²) in [4.78, 5) is 6.61. The summed E-state index contributed by atoms with van der Waals surface area (Å²) in [5.74, 6) is 1.54. The molecule has 1 fully saturated rings. The Morgan fingerprint density at radius 2 is 2.09 bits per heavy atom. The molecule has 0 spiro atoms. The number of guanidine groups is 1. The molecule has 122 valence electrons. The van der Waals surface area contributed by atoms with Gasteiger partial charge in [-0.2, -0.15) is 0 Å². The van der Waals surface area contributed by atoms with Crippen molar-refractivity contribution in [3.05, 3.63) is 48.0 Å². The molecule has 0 saturated carbocycles. The van der Waals surface area contributed by atoms with Gasteiger partial charge in [0.05, 0.1) is 6.61 Å². The summed E-state index contributed by atoms with van der Waals surface area (Å²) in [6.45, 7) is 3.51. The molecule has 0 aromatic heterocycles. The highest BCUT2D eigenvalue weighted by molar-refractivity contribution is 5.86. The summed E-state index contributed by atoms with van der Waals surface area (Å²) < 4.78 is 5.46. The number of nitrogens with zero attached hydrogens (tertiary/aromatic N) is 2. The molecule has 2 aromatic carbocycles. The van der Waals surface area contributed by atoms with E-state index in [-0.39, 0.29) is 0 Å². The van der Waals surface area contributed by atoms with Gasteiger partial charge < -0.3 is 15.0 Å². The van der Waals surface area contributed by atoms with E-state index in [0.29, 0.717) is 5.92 Å². The average Bonchev–Trinajstić information content (AvgIpc) is 3.08. The van der Waals surface area contributed by atoms with Crippen LogP contribution in [-0.2, 0) is 11.3 Å². The number of hydrogen-bond donors (Lipinski definition) is 1. The number of fused-ring (bicyclic) bond motifs is 1. The van der Waals surface area contributed by atoms with Gasteiger partial charge in [-0.15, -0.1) is 0 Å². The molecule has 4 heteroatoms. The van der Waals surface area contributed by atoms with Gasteiger partial charge in [0.15, 0.2) is 5.96 Å². The zero-order chi connectivity index (χ0) is 16.1. The lowest BCUT2D eigenvalue weighted by molar-refractivity contribution is 0.181. The maximum atomic E-state index is 5.46. The Kier molecular flexibility index (Phi) is 5.13. The molecule has 3 rings (SSSR count). The summed E-state index contributed by atoms with van der Waals surface area (Å²) >= 11 is 0. The largest absolute Gasteiger partial charge is 0.381 e. The van der Waals surface area contributed by atoms with Gasteiger partial charge in [-0.05, 0) is 22.8 Å². The number of nitrogens with one attached hydrogen (secondary N) is 1. The molecule has 1 aliphatic heterocycles. The van der Waals surface area contributed by atoms with Crippen LogP contribution in [0.5, 0.6) is 0 Å². The predicted octanol–water partition coefficient (Wildman–Crippen LogP) is 2.88. The van der Waals surface area contributed by atoms with E-state index in [4.69, 9.17) is 4.74 Å². The van der Waals surface area contributed by atoms with Gasteiger partial charge in [0, 0.05) is 39.7 Å². The van der Waals surface area contributed by atoms with Gasteiger partial charge >= 0.3 is 0 Å². The number of ether oxygens (including phenoxy) is 1. The molecule has 2 aromatic rings. The van der Waals surface area contributed by atoms with Crippen molar-refractivity contribution in [1.82, 2.24) is 10.2 Å². The van der Waals surface area contributed by atoms with Gasteiger partial charge in [0.1, 0.15) is 0 Å². The van der Waals surface area contributed by atoms with Crippen molar-refractivity contribution in [1.29, 1.82) is 0 Å². The SMILES string of the molecule is CN=C(NCc1cccc2ccccc12)N(C)CC1CCOC1. The maximum absolute atomic E-state index is 5.46. The van der Waals surface area contributed by atoms with E-state index in [1.54, 1.807) is 0 Å². The zero-order valence-electron chi connectivity index (χ0n) is 14.0. The smallest absolute Gasteiger partial charge is 0.193 e. The molecule has 0 aliphatic carbocycles. The van der Waals surface area contributed by atoms with Crippen LogP contribution in [0, 0.1) is 5.92 Å². The highest BCUT2D eigenvalue weighted by Crippen LogP contribution is 2.18. The molecule has 1 N–H and O–H groups in total. The molecule has 1 saturated heterocycles. The highest BCUT2D eigenvalue weighted by atomic mass is 16.5. The number of hydrogen-bond acceptors (Lipinski definition) is 2. The first kappa shape index (κ1) is 15.8. The van der Waals surface area contributed by atoms with Crippen LogP contribution in [0.15, 0.2) is 47.5 Å². The monoisotopic (exact) mass is 311 g/mol. The van der Waals surface area contributed by atoms with Gasteiger partial charge in [-0.25, -0.2) is 0 Å². The minimum absolute atomic E-state index is 0.608. The Morgan fingerprint density at radius 1 is 1.26 bits per heavy atom. The Balaban J connectivity index is 1.65. The minimum atomic E-state index is 0.608. The first-order valence-electron chi connectivity index (χ1n) is 8.24. The molecule has 23 heavy (non-hydrogen) atoms. The first-order chi connectivity index (χ1) is 11.3. The molecule has 1 unspecified atom stereocenters. The lowest BCUT2D eigenvalue weighted by Crippen LogP contribution is -2.41. The topological polar surface area (TPSA) is 36.9 Å². The van der Waals surface area contributed by atoms with Crippen LogP contribution in [0.1, 0.15) is 12.0 Å². The summed E-state index contributed by atoms with van der Waals surface area (Å²) in [6, 6.07) is 14.9. The zero-order valence-corrected chi connectivity index (χ0v) is 14.0. The highest BCUT2D eigenvalue weighted by Gasteiger charge is 2.19. The molecule has 0 bridgehead atoms. The van der Waals surface area contributed by atoms with Crippen LogP contribution in [0.25, 0.3) is 10.8 Å². The van der Waals surface area contributed by atoms with Gasteiger partial charge in [-0.3, -0.25) is 4.99 Å². The first-order valence-corrected chi connectivity index (χ1v) is 8.24. The lowest BCUT2D eigenvalue weighted by atomic mass is 10.0. The van der Waals surface area contributed by atoms with Crippen molar-refractivity contribution in [2.24, 2.45) is 10.9 Å². The fraction of sp³-hybridized carbons (Fsp3) is 0.421. The predicted molar refractivity (Wildman–Crippen MR) is 95.7 cm³/mol. The molecular weight excluding hydrogens is 286 g/mol. The molecule has 0 radical (unpaired) electrons. The fourth-order valence-corrected chi connectivity index (χ4v) is 3.21. The van der Waals surface area contributed by atoms with E-state index in [2.05, 4.69) is 64.7 Å². The molecule has 0 amide bonds.